The monoisotopic (exact) mass is 275 g/mol. The van der Waals surface area contributed by atoms with Crippen LogP contribution in [0.25, 0.3) is 10.8 Å². The number of hydrogen-bond donors (Lipinski definition) is 2. The molecule has 0 saturated heterocycles. The molecule has 0 aliphatic heterocycles. The van der Waals surface area contributed by atoms with Gasteiger partial charge in [0.2, 0.25) is 0 Å². The van der Waals surface area contributed by atoms with E-state index in [-0.39, 0.29) is 5.78 Å². The van der Waals surface area contributed by atoms with Crippen molar-refractivity contribution in [2.45, 2.75) is 6.42 Å². The maximum atomic E-state index is 12.8. The predicted molar refractivity (Wildman–Crippen MR) is 82.0 cm³/mol. The molecule has 2 N–H and O–H groups in total. The Labute approximate surface area is 121 Å². The van der Waals surface area contributed by atoms with Crippen LogP contribution in [0.1, 0.15) is 27.0 Å². The number of fused-ring (bicyclic) bond motifs is 4. The first-order chi connectivity index (χ1) is 10.3. The molecular formula is C18H13NO2. The first-order valence-corrected chi connectivity index (χ1v) is 6.86. The Hall–Kier alpha value is -2.65. The summed E-state index contributed by atoms with van der Waals surface area (Å²) in [5, 5.41) is 11.0. The zero-order valence-electron chi connectivity index (χ0n) is 11.3. The van der Waals surface area contributed by atoms with Crippen LogP contribution < -0.4 is 5.48 Å². The summed E-state index contributed by atoms with van der Waals surface area (Å²) < 4.78 is 0. The minimum atomic E-state index is 0.0625. The first-order valence-electron chi connectivity index (χ1n) is 6.86. The summed E-state index contributed by atoms with van der Waals surface area (Å²) in [5.41, 5.74) is 6.38. The Kier molecular flexibility index (Phi) is 2.56. The molecule has 3 aromatic rings. The third-order valence-corrected chi connectivity index (χ3v) is 4.11. The van der Waals surface area contributed by atoms with Crippen LogP contribution in [0.2, 0.25) is 0 Å². The molecule has 4 rings (SSSR count). The largest absolute Gasteiger partial charge is 0.291 e. The second-order valence-electron chi connectivity index (χ2n) is 5.31. The van der Waals surface area contributed by atoms with Gasteiger partial charge in [-0.2, -0.15) is 0 Å². The van der Waals surface area contributed by atoms with Gasteiger partial charge >= 0.3 is 0 Å². The topological polar surface area (TPSA) is 49.3 Å². The Bertz CT molecular complexity index is 884. The minimum absolute atomic E-state index is 0.0625. The molecular weight excluding hydrogens is 262 g/mol. The number of benzene rings is 3. The highest BCUT2D eigenvalue weighted by Gasteiger charge is 2.24. The fourth-order valence-electron chi connectivity index (χ4n) is 3.09. The second-order valence-corrected chi connectivity index (χ2v) is 5.31. The van der Waals surface area contributed by atoms with Crippen LogP contribution in [0.5, 0.6) is 0 Å². The van der Waals surface area contributed by atoms with Gasteiger partial charge in [0.05, 0.1) is 5.69 Å². The lowest BCUT2D eigenvalue weighted by atomic mass is 9.82. The van der Waals surface area contributed by atoms with Crippen molar-refractivity contribution in [3.05, 3.63) is 76.9 Å². The van der Waals surface area contributed by atoms with E-state index in [0.717, 1.165) is 39.4 Å². The lowest BCUT2D eigenvalue weighted by Gasteiger charge is -2.20. The number of ketones is 1. The van der Waals surface area contributed by atoms with E-state index < -0.39 is 0 Å². The summed E-state index contributed by atoms with van der Waals surface area (Å²) >= 11 is 0. The normalized spacial score (nSPS) is 12.9. The maximum Gasteiger partial charge on any atom is 0.194 e. The van der Waals surface area contributed by atoms with Gasteiger partial charge < -0.3 is 0 Å². The first kappa shape index (κ1) is 12.1. The van der Waals surface area contributed by atoms with Gasteiger partial charge in [0.1, 0.15) is 0 Å². The van der Waals surface area contributed by atoms with Crippen molar-refractivity contribution in [3.8, 4) is 0 Å². The molecule has 0 bridgehead atoms. The van der Waals surface area contributed by atoms with E-state index in [2.05, 4.69) is 5.48 Å². The smallest absolute Gasteiger partial charge is 0.194 e. The summed E-state index contributed by atoms with van der Waals surface area (Å²) in [6.45, 7) is 0. The van der Waals surface area contributed by atoms with E-state index in [1.165, 1.54) is 0 Å². The van der Waals surface area contributed by atoms with Gasteiger partial charge in [-0.15, -0.1) is 0 Å². The van der Waals surface area contributed by atoms with E-state index in [9.17, 15) is 4.79 Å². The highest BCUT2D eigenvalue weighted by atomic mass is 16.5. The number of nitrogens with one attached hydrogen (secondary N) is 1. The molecule has 3 aromatic carbocycles. The third-order valence-electron chi connectivity index (χ3n) is 4.11. The number of hydrogen-bond acceptors (Lipinski definition) is 3. The highest BCUT2D eigenvalue weighted by molar-refractivity contribution is 6.19. The van der Waals surface area contributed by atoms with Crippen molar-refractivity contribution in [3.63, 3.8) is 0 Å². The lowest BCUT2D eigenvalue weighted by Crippen LogP contribution is -2.15. The zero-order chi connectivity index (χ0) is 14.4. The van der Waals surface area contributed by atoms with Crippen molar-refractivity contribution in [2.75, 3.05) is 5.48 Å². The molecule has 102 valence electrons. The van der Waals surface area contributed by atoms with Crippen molar-refractivity contribution >= 4 is 22.2 Å². The Balaban J connectivity index is 2.03. The van der Waals surface area contributed by atoms with Crippen molar-refractivity contribution < 1.29 is 10.0 Å². The number of rotatable bonds is 1. The van der Waals surface area contributed by atoms with Crippen LogP contribution in [0.4, 0.5) is 5.69 Å². The van der Waals surface area contributed by atoms with Crippen molar-refractivity contribution in [1.82, 2.24) is 0 Å². The van der Waals surface area contributed by atoms with E-state index in [1.54, 1.807) is 6.07 Å². The van der Waals surface area contributed by atoms with E-state index in [1.807, 2.05) is 48.5 Å². The minimum Gasteiger partial charge on any atom is -0.291 e. The van der Waals surface area contributed by atoms with Gasteiger partial charge in [0.25, 0.3) is 0 Å². The van der Waals surface area contributed by atoms with Crippen LogP contribution in [0, 0.1) is 0 Å². The fraction of sp³-hybridized carbons (Fsp3) is 0.0556. The number of carbonyl (C=O) groups is 1. The molecule has 0 atom stereocenters. The standard InChI is InChI=1S/C18H13NO2/c20-18-15-4-2-1-3-12(15)9-13-6-5-11-7-8-14(19-21)10-16(11)17(13)18/h1-8,10,19,21H,9H2. The van der Waals surface area contributed by atoms with Crippen LogP contribution in [-0.2, 0) is 6.42 Å². The van der Waals surface area contributed by atoms with Crippen LogP contribution in [0.15, 0.2) is 54.6 Å². The molecule has 3 heteroatoms. The lowest BCUT2D eigenvalue weighted by molar-refractivity contribution is 0.103. The highest BCUT2D eigenvalue weighted by Crippen LogP contribution is 2.33. The Morgan fingerprint density at radius 3 is 2.62 bits per heavy atom. The van der Waals surface area contributed by atoms with Gasteiger partial charge in [0, 0.05) is 11.1 Å². The van der Waals surface area contributed by atoms with E-state index >= 15 is 0 Å². The average molecular weight is 275 g/mol. The van der Waals surface area contributed by atoms with Crippen LogP contribution >= 0.6 is 0 Å². The van der Waals surface area contributed by atoms with Crippen molar-refractivity contribution in [1.29, 1.82) is 0 Å². The van der Waals surface area contributed by atoms with Gasteiger partial charge in [-0.05, 0) is 40.5 Å². The molecule has 0 unspecified atom stereocenters. The van der Waals surface area contributed by atoms with Crippen LogP contribution in [-0.4, -0.2) is 11.0 Å². The Morgan fingerprint density at radius 2 is 1.76 bits per heavy atom. The molecule has 0 fully saturated rings. The quantitative estimate of drug-likeness (QED) is 0.520. The molecule has 1 aliphatic carbocycles. The summed E-state index contributed by atoms with van der Waals surface area (Å²) in [7, 11) is 0. The third kappa shape index (κ3) is 1.75. The molecule has 0 spiro atoms. The summed E-state index contributed by atoms with van der Waals surface area (Å²) in [6, 6.07) is 17.3. The molecule has 21 heavy (non-hydrogen) atoms. The molecule has 0 radical (unpaired) electrons. The van der Waals surface area contributed by atoms with E-state index in [0.29, 0.717) is 5.69 Å². The molecule has 0 amide bonds. The van der Waals surface area contributed by atoms with Gasteiger partial charge in [-0.25, -0.2) is 0 Å². The molecule has 0 saturated carbocycles. The maximum absolute atomic E-state index is 12.8. The number of anilines is 1. The summed E-state index contributed by atoms with van der Waals surface area (Å²) in [5.74, 6) is 0.0625. The van der Waals surface area contributed by atoms with E-state index in [4.69, 9.17) is 5.21 Å². The van der Waals surface area contributed by atoms with Gasteiger partial charge in [0.15, 0.2) is 5.78 Å². The fourth-order valence-corrected chi connectivity index (χ4v) is 3.09. The number of carbonyl (C=O) groups excluding carboxylic acids is 1. The molecule has 3 nitrogen and oxygen atoms in total. The molecule has 1 aliphatic rings. The SMILES string of the molecule is O=C1c2ccccc2Cc2ccc3ccc(NO)cc3c21. The average Bonchev–Trinajstić information content (AvgIpc) is 2.54. The van der Waals surface area contributed by atoms with Gasteiger partial charge in [-0.1, -0.05) is 42.5 Å². The van der Waals surface area contributed by atoms with Crippen molar-refractivity contribution in [2.24, 2.45) is 0 Å². The van der Waals surface area contributed by atoms with Gasteiger partial charge in [-0.3, -0.25) is 15.5 Å². The summed E-state index contributed by atoms with van der Waals surface area (Å²) in [4.78, 5) is 12.8. The second kappa shape index (κ2) is 4.43. The molecule has 0 aromatic heterocycles. The zero-order valence-corrected chi connectivity index (χ0v) is 11.3. The Morgan fingerprint density at radius 1 is 0.952 bits per heavy atom. The van der Waals surface area contributed by atoms with Crippen LogP contribution in [0.3, 0.4) is 0 Å². The molecule has 0 heterocycles. The predicted octanol–water partition coefficient (Wildman–Crippen LogP) is 3.78. The summed E-state index contributed by atoms with van der Waals surface area (Å²) in [6.07, 6.45) is 0.768.